The van der Waals surface area contributed by atoms with Gasteiger partial charge in [-0.1, -0.05) is 0 Å². The van der Waals surface area contributed by atoms with E-state index in [1.54, 1.807) is 18.4 Å². The second kappa shape index (κ2) is 9.69. The van der Waals surface area contributed by atoms with Gasteiger partial charge in [-0.2, -0.15) is 11.3 Å². The minimum atomic E-state index is -0.141. The monoisotopic (exact) mass is 439 g/mol. The van der Waals surface area contributed by atoms with Crippen LogP contribution in [0.2, 0.25) is 0 Å². The van der Waals surface area contributed by atoms with Crippen molar-refractivity contribution in [3.8, 4) is 0 Å². The van der Waals surface area contributed by atoms with E-state index in [2.05, 4.69) is 39.1 Å². The van der Waals surface area contributed by atoms with E-state index in [0.717, 1.165) is 45.1 Å². The van der Waals surface area contributed by atoms with Crippen LogP contribution in [0.3, 0.4) is 0 Å². The number of rotatable bonds is 5. The highest BCUT2D eigenvalue weighted by molar-refractivity contribution is 14.0. The highest BCUT2D eigenvalue weighted by atomic mass is 127. The van der Waals surface area contributed by atoms with Crippen LogP contribution in [0.15, 0.2) is 21.8 Å². The van der Waals surface area contributed by atoms with Gasteiger partial charge in [0.05, 0.1) is 5.60 Å². The van der Waals surface area contributed by atoms with Gasteiger partial charge in [-0.05, 0) is 22.4 Å². The summed E-state index contributed by atoms with van der Waals surface area (Å²) in [6.07, 6.45) is 1.84. The lowest BCUT2D eigenvalue weighted by Gasteiger charge is -2.37. The van der Waals surface area contributed by atoms with Gasteiger partial charge in [-0.15, -0.1) is 24.0 Å². The molecule has 1 fully saturated rings. The molecule has 22 heavy (non-hydrogen) atoms. The van der Waals surface area contributed by atoms with Gasteiger partial charge < -0.3 is 19.7 Å². The quantitative estimate of drug-likeness (QED) is 0.435. The SMILES string of the molecule is CN=C(NCC1(OC)CCOCC1)N(C)Cc1ccsc1.I. The van der Waals surface area contributed by atoms with Crippen LogP contribution in [0.5, 0.6) is 0 Å². The van der Waals surface area contributed by atoms with Crippen LogP contribution >= 0.6 is 35.3 Å². The van der Waals surface area contributed by atoms with Crippen molar-refractivity contribution in [2.75, 3.05) is 41.0 Å². The second-order valence-electron chi connectivity index (χ2n) is 5.39. The molecule has 1 aromatic rings. The maximum absolute atomic E-state index is 5.74. The smallest absolute Gasteiger partial charge is 0.193 e. The molecule has 0 unspecified atom stereocenters. The first-order valence-electron chi connectivity index (χ1n) is 7.25. The summed E-state index contributed by atoms with van der Waals surface area (Å²) in [4.78, 5) is 6.50. The zero-order valence-corrected chi connectivity index (χ0v) is 16.6. The molecule has 1 aliphatic heterocycles. The number of ether oxygens (including phenoxy) is 2. The Bertz CT molecular complexity index is 448. The highest BCUT2D eigenvalue weighted by Gasteiger charge is 2.32. The summed E-state index contributed by atoms with van der Waals surface area (Å²) in [6, 6.07) is 2.14. The van der Waals surface area contributed by atoms with Crippen molar-refractivity contribution in [2.45, 2.75) is 25.0 Å². The lowest BCUT2D eigenvalue weighted by Crippen LogP contribution is -2.50. The third-order valence-electron chi connectivity index (χ3n) is 3.98. The maximum Gasteiger partial charge on any atom is 0.193 e. The molecule has 0 radical (unpaired) electrons. The van der Waals surface area contributed by atoms with Crippen LogP contribution in [0.25, 0.3) is 0 Å². The van der Waals surface area contributed by atoms with Crippen molar-refractivity contribution in [3.63, 3.8) is 0 Å². The predicted molar refractivity (Wildman–Crippen MR) is 102 cm³/mol. The molecular weight excluding hydrogens is 413 g/mol. The molecule has 0 aliphatic carbocycles. The van der Waals surface area contributed by atoms with Gasteiger partial charge in [0.15, 0.2) is 5.96 Å². The molecule has 1 aliphatic rings. The molecule has 5 nitrogen and oxygen atoms in total. The summed E-state index contributed by atoms with van der Waals surface area (Å²) in [5, 5.41) is 7.71. The molecule has 0 bridgehead atoms. The van der Waals surface area contributed by atoms with Gasteiger partial charge in [0, 0.05) is 60.4 Å². The van der Waals surface area contributed by atoms with E-state index in [-0.39, 0.29) is 29.6 Å². The number of guanidine groups is 1. The molecule has 0 aromatic carbocycles. The number of halogens is 1. The average Bonchev–Trinajstić information content (AvgIpc) is 3.01. The molecule has 0 amide bonds. The van der Waals surface area contributed by atoms with Crippen molar-refractivity contribution < 1.29 is 9.47 Å². The molecule has 1 aromatic heterocycles. The number of hydrogen-bond acceptors (Lipinski definition) is 4. The van der Waals surface area contributed by atoms with Gasteiger partial charge in [0.1, 0.15) is 0 Å². The Morgan fingerprint density at radius 1 is 1.50 bits per heavy atom. The minimum Gasteiger partial charge on any atom is -0.381 e. The van der Waals surface area contributed by atoms with Crippen LogP contribution < -0.4 is 5.32 Å². The molecule has 0 atom stereocenters. The highest BCUT2D eigenvalue weighted by Crippen LogP contribution is 2.23. The Morgan fingerprint density at radius 2 is 2.23 bits per heavy atom. The fraction of sp³-hybridized carbons (Fsp3) is 0.667. The summed E-state index contributed by atoms with van der Waals surface area (Å²) in [6.45, 7) is 3.14. The standard InChI is InChI=1S/C15H25N3O2S.HI/c1-16-14(18(2)10-13-4-9-21-11-13)17-12-15(19-3)5-7-20-8-6-15;/h4,9,11H,5-8,10,12H2,1-3H3,(H,16,17);1H. The normalized spacial score (nSPS) is 17.7. The van der Waals surface area contributed by atoms with Gasteiger partial charge >= 0.3 is 0 Å². The van der Waals surface area contributed by atoms with E-state index in [1.165, 1.54) is 5.56 Å². The Kier molecular flexibility index (Phi) is 8.66. The fourth-order valence-corrected chi connectivity index (χ4v) is 3.21. The van der Waals surface area contributed by atoms with Crippen LogP contribution in [0, 0.1) is 0 Å². The molecule has 0 spiro atoms. The zero-order chi connectivity index (χ0) is 15.1. The molecule has 1 N–H and O–H groups in total. The molecule has 2 heterocycles. The van der Waals surface area contributed by atoms with Crippen molar-refractivity contribution in [1.29, 1.82) is 0 Å². The first-order chi connectivity index (χ1) is 10.2. The van der Waals surface area contributed by atoms with Gasteiger partial charge in [-0.25, -0.2) is 0 Å². The summed E-state index contributed by atoms with van der Waals surface area (Å²) in [7, 11) is 5.65. The van der Waals surface area contributed by atoms with Gasteiger partial charge in [-0.3, -0.25) is 4.99 Å². The topological polar surface area (TPSA) is 46.1 Å². The largest absolute Gasteiger partial charge is 0.381 e. The Morgan fingerprint density at radius 3 is 2.77 bits per heavy atom. The molecule has 126 valence electrons. The lowest BCUT2D eigenvalue weighted by molar-refractivity contribution is -0.0857. The van der Waals surface area contributed by atoms with Crippen LogP contribution in [0.1, 0.15) is 18.4 Å². The average molecular weight is 439 g/mol. The summed E-state index contributed by atoms with van der Waals surface area (Å²) in [5.74, 6) is 0.893. The Labute approximate surface area is 154 Å². The number of aliphatic imine (C=N–C) groups is 1. The number of hydrogen-bond donors (Lipinski definition) is 1. The molecule has 1 saturated heterocycles. The van der Waals surface area contributed by atoms with Gasteiger partial charge in [0.25, 0.3) is 0 Å². The van der Waals surface area contributed by atoms with Crippen molar-refractivity contribution >= 4 is 41.3 Å². The number of nitrogens with one attached hydrogen (secondary N) is 1. The summed E-state index contributed by atoms with van der Waals surface area (Å²) >= 11 is 1.72. The lowest BCUT2D eigenvalue weighted by atomic mass is 9.94. The first kappa shape index (κ1) is 19.7. The van der Waals surface area contributed by atoms with E-state index >= 15 is 0 Å². The van der Waals surface area contributed by atoms with Crippen molar-refractivity contribution in [1.82, 2.24) is 10.2 Å². The molecule has 2 rings (SSSR count). The van der Waals surface area contributed by atoms with Crippen LogP contribution in [0.4, 0.5) is 0 Å². The van der Waals surface area contributed by atoms with E-state index in [0.29, 0.717) is 0 Å². The minimum absolute atomic E-state index is 0. The van der Waals surface area contributed by atoms with Crippen LogP contribution in [-0.2, 0) is 16.0 Å². The first-order valence-corrected chi connectivity index (χ1v) is 8.19. The fourth-order valence-electron chi connectivity index (χ4n) is 2.55. The number of thiophene rings is 1. The Balaban J connectivity index is 0.00000242. The van der Waals surface area contributed by atoms with Crippen LogP contribution in [-0.4, -0.2) is 57.4 Å². The second-order valence-corrected chi connectivity index (χ2v) is 6.17. The summed E-state index contributed by atoms with van der Waals surface area (Å²) < 4.78 is 11.2. The van der Waals surface area contributed by atoms with E-state index in [1.807, 2.05) is 7.05 Å². The maximum atomic E-state index is 5.74. The van der Waals surface area contributed by atoms with Crippen molar-refractivity contribution in [2.24, 2.45) is 4.99 Å². The third-order valence-corrected chi connectivity index (χ3v) is 4.71. The number of methoxy groups -OCH3 is 1. The van der Waals surface area contributed by atoms with Crippen molar-refractivity contribution in [3.05, 3.63) is 22.4 Å². The van der Waals surface area contributed by atoms with E-state index in [9.17, 15) is 0 Å². The summed E-state index contributed by atoms with van der Waals surface area (Å²) in [5.41, 5.74) is 1.16. The molecule has 0 saturated carbocycles. The van der Waals surface area contributed by atoms with E-state index < -0.39 is 0 Å². The Hall–Kier alpha value is -0.380. The van der Waals surface area contributed by atoms with Gasteiger partial charge in [0.2, 0.25) is 0 Å². The zero-order valence-electron chi connectivity index (χ0n) is 13.5. The third kappa shape index (κ3) is 5.36. The van der Waals surface area contributed by atoms with E-state index in [4.69, 9.17) is 9.47 Å². The molecular formula is C15H26IN3O2S. The number of nitrogens with zero attached hydrogens (tertiary/aromatic N) is 2. The molecule has 7 heteroatoms. The predicted octanol–water partition coefficient (Wildman–Crippen LogP) is 2.57.